The highest BCUT2D eigenvalue weighted by Crippen LogP contribution is 2.24. The summed E-state index contributed by atoms with van der Waals surface area (Å²) in [5.74, 6) is -0.928. The molecule has 1 aromatic carbocycles. The summed E-state index contributed by atoms with van der Waals surface area (Å²) in [6.45, 7) is 3.28. The quantitative estimate of drug-likeness (QED) is 0.759. The Balaban J connectivity index is 2.03. The minimum absolute atomic E-state index is 0.211. The fourth-order valence-corrected chi connectivity index (χ4v) is 2.84. The molecule has 1 fully saturated rings. The third kappa shape index (κ3) is 4.09. The lowest BCUT2D eigenvalue weighted by Crippen LogP contribution is -2.44. The van der Waals surface area contributed by atoms with Crippen LogP contribution in [0.15, 0.2) is 18.2 Å². The largest absolute Gasteiger partial charge is 0.325 e. The van der Waals surface area contributed by atoms with Crippen molar-refractivity contribution in [2.24, 2.45) is 0 Å². The third-order valence-corrected chi connectivity index (χ3v) is 4.36. The number of carbonyl (C=O) groups is 3. The number of nitriles is 1. The van der Waals surface area contributed by atoms with Crippen LogP contribution in [-0.4, -0.2) is 34.8 Å². The lowest BCUT2D eigenvalue weighted by molar-refractivity contribution is -0.133. The summed E-state index contributed by atoms with van der Waals surface area (Å²) in [5, 5.41) is 14.3. The summed E-state index contributed by atoms with van der Waals surface area (Å²) in [7, 11) is 0. The smallest absolute Gasteiger partial charge is 0.324 e. The van der Waals surface area contributed by atoms with Crippen molar-refractivity contribution in [2.75, 3.05) is 11.9 Å². The molecule has 0 spiro atoms. The third-order valence-electron chi connectivity index (χ3n) is 4.05. The number of nitrogens with zero attached hydrogens (tertiary/aromatic N) is 2. The first-order valence-corrected chi connectivity index (χ1v) is 8.32. The second-order valence-corrected chi connectivity index (χ2v) is 6.52. The number of anilines is 1. The van der Waals surface area contributed by atoms with Crippen LogP contribution in [-0.2, 0) is 9.59 Å². The van der Waals surface area contributed by atoms with Gasteiger partial charge in [-0.2, -0.15) is 5.26 Å². The van der Waals surface area contributed by atoms with Crippen LogP contribution in [0, 0.1) is 11.3 Å². The molecule has 7 nitrogen and oxygen atoms in total. The summed E-state index contributed by atoms with van der Waals surface area (Å²) in [4.78, 5) is 37.6. The Hall–Kier alpha value is -2.59. The molecule has 0 saturated carbocycles. The van der Waals surface area contributed by atoms with Crippen molar-refractivity contribution in [3.05, 3.63) is 28.8 Å². The minimum Gasteiger partial charge on any atom is -0.324 e. The number of nitrogens with one attached hydrogen (secondary N) is 2. The molecule has 4 amide bonds. The first-order chi connectivity index (χ1) is 11.8. The van der Waals surface area contributed by atoms with Crippen LogP contribution < -0.4 is 10.6 Å². The molecule has 2 rings (SSSR count). The van der Waals surface area contributed by atoms with Gasteiger partial charge in [-0.3, -0.25) is 14.5 Å². The zero-order chi connectivity index (χ0) is 18.6. The van der Waals surface area contributed by atoms with Crippen LogP contribution in [0.5, 0.6) is 0 Å². The Kier molecular flexibility index (Phi) is 5.65. The van der Waals surface area contributed by atoms with Gasteiger partial charge in [-0.05, 0) is 31.5 Å². The fourth-order valence-electron chi connectivity index (χ4n) is 2.62. The Morgan fingerprint density at radius 2 is 2.16 bits per heavy atom. The van der Waals surface area contributed by atoms with Crippen LogP contribution in [0.3, 0.4) is 0 Å². The molecule has 8 heteroatoms. The molecular weight excluding hydrogens is 344 g/mol. The van der Waals surface area contributed by atoms with E-state index in [0.717, 1.165) is 17.7 Å². The molecule has 1 heterocycles. The lowest BCUT2D eigenvalue weighted by atomic mass is 9.95. The van der Waals surface area contributed by atoms with Crippen molar-refractivity contribution in [1.29, 1.82) is 5.26 Å². The predicted octanol–water partition coefficient (Wildman–Crippen LogP) is 2.65. The van der Waals surface area contributed by atoms with Gasteiger partial charge >= 0.3 is 6.03 Å². The van der Waals surface area contributed by atoms with Crippen molar-refractivity contribution >= 4 is 35.1 Å². The number of hydrogen-bond acceptors (Lipinski definition) is 4. The molecule has 1 saturated heterocycles. The summed E-state index contributed by atoms with van der Waals surface area (Å²) in [5.41, 5.74) is -0.291. The highest BCUT2D eigenvalue weighted by atomic mass is 35.5. The molecule has 1 aliphatic rings. The van der Waals surface area contributed by atoms with Crippen LogP contribution in [0.1, 0.15) is 38.7 Å². The lowest BCUT2D eigenvalue weighted by Gasteiger charge is -2.21. The number of carbonyl (C=O) groups excluding carboxylic acids is 3. The van der Waals surface area contributed by atoms with E-state index in [2.05, 4.69) is 10.6 Å². The van der Waals surface area contributed by atoms with Gasteiger partial charge in [0.05, 0.1) is 10.6 Å². The summed E-state index contributed by atoms with van der Waals surface area (Å²) in [6, 6.07) is 5.80. The second kappa shape index (κ2) is 7.53. The predicted molar refractivity (Wildman–Crippen MR) is 93.0 cm³/mol. The van der Waals surface area contributed by atoms with Crippen LogP contribution in [0.2, 0.25) is 5.02 Å². The molecule has 1 aromatic rings. The maximum atomic E-state index is 12.5. The Labute approximate surface area is 150 Å². The summed E-state index contributed by atoms with van der Waals surface area (Å²) < 4.78 is 0. The van der Waals surface area contributed by atoms with Gasteiger partial charge in [0.1, 0.15) is 18.2 Å². The number of rotatable bonds is 6. The van der Waals surface area contributed by atoms with E-state index in [1.165, 1.54) is 18.2 Å². The maximum Gasteiger partial charge on any atom is 0.325 e. The van der Waals surface area contributed by atoms with Crippen molar-refractivity contribution in [2.45, 2.75) is 38.6 Å². The van der Waals surface area contributed by atoms with E-state index in [0.29, 0.717) is 17.7 Å². The van der Waals surface area contributed by atoms with Gasteiger partial charge in [0.15, 0.2) is 0 Å². The average molecular weight is 363 g/mol. The summed E-state index contributed by atoms with van der Waals surface area (Å²) >= 11 is 5.91. The molecule has 0 bridgehead atoms. The van der Waals surface area contributed by atoms with Crippen molar-refractivity contribution in [3.8, 4) is 6.07 Å². The molecule has 25 heavy (non-hydrogen) atoms. The van der Waals surface area contributed by atoms with Crippen LogP contribution >= 0.6 is 11.6 Å². The van der Waals surface area contributed by atoms with Gasteiger partial charge in [-0.25, -0.2) is 4.79 Å². The van der Waals surface area contributed by atoms with E-state index >= 15 is 0 Å². The van der Waals surface area contributed by atoms with Crippen molar-refractivity contribution < 1.29 is 14.4 Å². The average Bonchev–Trinajstić information content (AvgIpc) is 2.77. The molecule has 1 atom stereocenters. The fraction of sp³-hybridized carbons (Fsp3) is 0.412. The van der Waals surface area contributed by atoms with E-state index in [4.69, 9.17) is 16.9 Å². The maximum absolute atomic E-state index is 12.5. The first-order valence-electron chi connectivity index (χ1n) is 7.94. The van der Waals surface area contributed by atoms with Crippen LogP contribution in [0.4, 0.5) is 10.5 Å². The van der Waals surface area contributed by atoms with Gasteiger partial charge in [0, 0.05) is 5.69 Å². The molecule has 1 aliphatic heterocycles. The monoisotopic (exact) mass is 362 g/mol. The SMILES string of the molecule is CCCC[C@@]1(C)NC(=O)N(CC(=O)Nc2ccc(C#N)c(Cl)c2)C1=O. The number of halogens is 1. The van der Waals surface area contributed by atoms with Crippen LogP contribution in [0.25, 0.3) is 0 Å². The number of urea groups is 1. The number of benzene rings is 1. The minimum atomic E-state index is -0.967. The number of unbranched alkanes of at least 4 members (excludes halogenated alkanes) is 1. The van der Waals surface area contributed by atoms with Gasteiger partial charge in [-0.1, -0.05) is 31.4 Å². The van der Waals surface area contributed by atoms with E-state index in [1.54, 1.807) is 6.92 Å². The molecule has 0 aliphatic carbocycles. The van der Waals surface area contributed by atoms with Crippen molar-refractivity contribution in [1.82, 2.24) is 10.2 Å². The number of amides is 4. The van der Waals surface area contributed by atoms with E-state index in [1.807, 2.05) is 13.0 Å². The standard InChI is InChI=1S/C17H19ClN4O3/c1-3-4-7-17(2)15(24)22(16(25)21-17)10-14(23)20-12-6-5-11(9-19)13(18)8-12/h5-6,8H,3-4,7,10H2,1-2H3,(H,20,23)(H,21,25)/t17-/m1/s1. The zero-order valence-electron chi connectivity index (χ0n) is 14.1. The van der Waals surface area contributed by atoms with Gasteiger partial charge in [-0.15, -0.1) is 0 Å². The number of imide groups is 1. The van der Waals surface area contributed by atoms with E-state index in [-0.39, 0.29) is 11.6 Å². The topological polar surface area (TPSA) is 102 Å². The molecule has 2 N–H and O–H groups in total. The van der Waals surface area contributed by atoms with Gasteiger partial charge in [0.25, 0.3) is 5.91 Å². The highest BCUT2D eigenvalue weighted by molar-refractivity contribution is 6.32. The summed E-state index contributed by atoms with van der Waals surface area (Å²) in [6.07, 6.45) is 2.22. The van der Waals surface area contributed by atoms with Crippen molar-refractivity contribution in [3.63, 3.8) is 0 Å². The number of hydrogen-bond donors (Lipinski definition) is 2. The Morgan fingerprint density at radius 3 is 2.76 bits per heavy atom. The van der Waals surface area contributed by atoms with E-state index in [9.17, 15) is 14.4 Å². The normalized spacial score (nSPS) is 19.5. The molecule has 0 radical (unpaired) electrons. The van der Waals surface area contributed by atoms with E-state index < -0.39 is 23.4 Å². The molecule has 0 unspecified atom stereocenters. The first kappa shape index (κ1) is 18.7. The molecular formula is C17H19ClN4O3. The molecule has 132 valence electrons. The Bertz CT molecular complexity index is 759. The Morgan fingerprint density at radius 1 is 1.44 bits per heavy atom. The second-order valence-electron chi connectivity index (χ2n) is 6.11. The zero-order valence-corrected chi connectivity index (χ0v) is 14.8. The molecule has 0 aromatic heterocycles. The van der Waals surface area contributed by atoms with Gasteiger partial charge < -0.3 is 10.6 Å². The van der Waals surface area contributed by atoms with Gasteiger partial charge in [0.2, 0.25) is 5.91 Å². The highest BCUT2D eigenvalue weighted by Gasteiger charge is 2.47.